The zero-order valence-electron chi connectivity index (χ0n) is 18.2. The average molecular weight is 448 g/mol. The highest BCUT2D eigenvalue weighted by Crippen LogP contribution is 2.63. The highest BCUT2D eigenvalue weighted by atomic mass is 32.1. The van der Waals surface area contributed by atoms with Gasteiger partial charge in [-0.15, -0.1) is 11.3 Å². The van der Waals surface area contributed by atoms with Gasteiger partial charge in [0.05, 0.1) is 5.01 Å². The summed E-state index contributed by atoms with van der Waals surface area (Å²) < 4.78 is 0. The lowest BCUT2D eigenvalue weighted by atomic mass is 10.0. The standard InChI is InChI=1S/C26H29NO2SSi/c1-25(2,31(29,19-9-5-3-6-10-19)20-11-7-4-8-12-20)15-14-24-27-18-23(30-24)26-16-13-22(28)21(26)17-26/h3-12,18,21,29H,13-17H2,1-2H3. The van der Waals surface area contributed by atoms with Crippen LogP contribution in [0.3, 0.4) is 0 Å². The number of Topliss-reactive ketones (excluding diaryl/α,β-unsaturated/α-hetero) is 1. The topological polar surface area (TPSA) is 50.2 Å². The fourth-order valence-electron chi connectivity index (χ4n) is 5.48. The van der Waals surface area contributed by atoms with Crippen LogP contribution in [-0.2, 0) is 16.6 Å². The van der Waals surface area contributed by atoms with Crippen molar-refractivity contribution < 1.29 is 9.59 Å². The van der Waals surface area contributed by atoms with Crippen LogP contribution < -0.4 is 10.4 Å². The summed E-state index contributed by atoms with van der Waals surface area (Å²) in [4.78, 5) is 30.3. The van der Waals surface area contributed by atoms with Crippen LogP contribution in [0.1, 0.15) is 49.4 Å². The first-order valence-corrected chi connectivity index (χ1v) is 13.9. The van der Waals surface area contributed by atoms with Gasteiger partial charge in [0.25, 0.3) is 8.32 Å². The van der Waals surface area contributed by atoms with Gasteiger partial charge in [-0.2, -0.15) is 0 Å². The highest BCUT2D eigenvalue weighted by Gasteiger charge is 2.63. The zero-order chi connectivity index (χ0) is 21.7. The molecule has 2 aliphatic carbocycles. The van der Waals surface area contributed by atoms with E-state index >= 15 is 0 Å². The third kappa shape index (κ3) is 3.34. The van der Waals surface area contributed by atoms with Gasteiger partial charge >= 0.3 is 0 Å². The second-order valence-corrected chi connectivity index (χ2v) is 14.9. The van der Waals surface area contributed by atoms with Crippen LogP contribution in [0.4, 0.5) is 0 Å². The Morgan fingerprint density at radius 1 is 1.10 bits per heavy atom. The molecule has 0 bridgehead atoms. The number of rotatable bonds is 7. The second-order valence-electron chi connectivity index (χ2n) is 9.82. The number of hydrogen-bond donors (Lipinski definition) is 1. The van der Waals surface area contributed by atoms with Crippen molar-refractivity contribution in [3.05, 3.63) is 76.7 Å². The van der Waals surface area contributed by atoms with Crippen molar-refractivity contribution in [2.24, 2.45) is 5.92 Å². The summed E-state index contributed by atoms with van der Waals surface area (Å²) in [6, 6.07) is 20.4. The summed E-state index contributed by atoms with van der Waals surface area (Å²) in [5, 5.41) is 2.95. The number of aromatic nitrogens is 1. The number of carbonyl (C=O) groups excluding carboxylic acids is 1. The van der Waals surface area contributed by atoms with Crippen molar-refractivity contribution in [1.29, 1.82) is 0 Å². The summed E-state index contributed by atoms with van der Waals surface area (Å²) >= 11 is 1.79. The number of carbonyl (C=O) groups is 1. The predicted molar refractivity (Wildman–Crippen MR) is 129 cm³/mol. The van der Waals surface area contributed by atoms with Gasteiger partial charge < -0.3 is 4.80 Å². The molecule has 0 radical (unpaired) electrons. The minimum absolute atomic E-state index is 0.117. The van der Waals surface area contributed by atoms with Crippen molar-refractivity contribution >= 4 is 35.8 Å². The molecule has 3 aromatic rings. The number of ketones is 1. The molecule has 1 heterocycles. The zero-order valence-corrected chi connectivity index (χ0v) is 20.0. The molecule has 0 spiro atoms. The molecular weight excluding hydrogens is 418 g/mol. The summed E-state index contributed by atoms with van der Waals surface area (Å²) in [7, 11) is -2.99. The van der Waals surface area contributed by atoms with Crippen LogP contribution >= 0.6 is 11.3 Å². The van der Waals surface area contributed by atoms with E-state index in [1.54, 1.807) is 11.3 Å². The van der Waals surface area contributed by atoms with Gasteiger partial charge in [-0.25, -0.2) is 4.98 Å². The van der Waals surface area contributed by atoms with Gasteiger partial charge in [0.2, 0.25) is 0 Å². The second kappa shape index (κ2) is 7.50. The Balaban J connectivity index is 1.39. The number of nitrogens with zero attached hydrogens (tertiary/aromatic N) is 1. The van der Waals surface area contributed by atoms with E-state index < -0.39 is 8.32 Å². The largest absolute Gasteiger partial charge is 0.424 e. The molecule has 1 N–H and O–H groups in total. The van der Waals surface area contributed by atoms with E-state index in [9.17, 15) is 9.59 Å². The molecule has 31 heavy (non-hydrogen) atoms. The molecule has 0 amide bonds. The van der Waals surface area contributed by atoms with E-state index in [0.29, 0.717) is 5.78 Å². The quantitative estimate of drug-likeness (QED) is 0.552. The van der Waals surface area contributed by atoms with Gasteiger partial charge in [0.1, 0.15) is 5.78 Å². The molecule has 2 saturated carbocycles. The van der Waals surface area contributed by atoms with E-state index in [4.69, 9.17) is 4.98 Å². The molecule has 5 heteroatoms. The smallest absolute Gasteiger partial charge is 0.258 e. The molecule has 2 fully saturated rings. The van der Waals surface area contributed by atoms with Crippen LogP contribution in [0.15, 0.2) is 66.9 Å². The Labute approximate surface area is 189 Å². The highest BCUT2D eigenvalue weighted by molar-refractivity contribution is 7.11. The fourth-order valence-corrected chi connectivity index (χ4v) is 10.4. The van der Waals surface area contributed by atoms with Crippen molar-refractivity contribution in [2.45, 2.75) is 56.4 Å². The molecule has 2 aromatic carbocycles. The maximum absolute atomic E-state index is 12.3. The first kappa shape index (κ1) is 20.8. The molecule has 5 rings (SSSR count). The Kier molecular flexibility index (Phi) is 5.03. The Hall–Kier alpha value is -2.08. The molecule has 0 aliphatic heterocycles. The van der Waals surface area contributed by atoms with E-state index in [-0.39, 0.29) is 16.4 Å². The number of hydrogen-bond acceptors (Lipinski definition) is 4. The van der Waals surface area contributed by atoms with Crippen LogP contribution in [0.25, 0.3) is 0 Å². The lowest BCUT2D eigenvalue weighted by Gasteiger charge is -2.41. The van der Waals surface area contributed by atoms with Gasteiger partial charge in [0.15, 0.2) is 0 Å². The third-order valence-corrected chi connectivity index (χ3v) is 13.5. The normalized spacial score (nSPS) is 23.1. The predicted octanol–water partition coefficient (Wildman–Crippen LogP) is 4.23. The van der Waals surface area contributed by atoms with Crippen LogP contribution in [0.5, 0.6) is 0 Å². The van der Waals surface area contributed by atoms with Crippen molar-refractivity contribution in [3.63, 3.8) is 0 Å². The van der Waals surface area contributed by atoms with Gasteiger partial charge in [-0.1, -0.05) is 74.5 Å². The van der Waals surface area contributed by atoms with Crippen molar-refractivity contribution in [3.8, 4) is 0 Å². The van der Waals surface area contributed by atoms with Gasteiger partial charge in [0, 0.05) is 28.8 Å². The van der Waals surface area contributed by atoms with Crippen LogP contribution in [0, 0.1) is 5.92 Å². The summed E-state index contributed by atoms with van der Waals surface area (Å²) in [6.07, 6.45) is 6.48. The molecule has 2 atom stereocenters. The molecule has 1 aromatic heterocycles. The Morgan fingerprint density at radius 3 is 2.23 bits per heavy atom. The number of fused-ring (bicyclic) bond motifs is 1. The minimum atomic E-state index is -2.99. The van der Waals surface area contributed by atoms with Crippen molar-refractivity contribution in [2.75, 3.05) is 0 Å². The third-order valence-electron chi connectivity index (χ3n) is 7.65. The van der Waals surface area contributed by atoms with Gasteiger partial charge in [-0.05, 0) is 41.1 Å². The fraction of sp³-hybridized carbons (Fsp3) is 0.385. The molecule has 160 valence electrons. The van der Waals surface area contributed by atoms with Crippen LogP contribution in [-0.4, -0.2) is 23.9 Å². The van der Waals surface area contributed by atoms with E-state index in [1.165, 1.54) is 4.88 Å². The Bertz CT molecular complexity index is 1060. The number of benzene rings is 2. The first-order chi connectivity index (χ1) is 14.9. The first-order valence-electron chi connectivity index (χ1n) is 11.2. The van der Waals surface area contributed by atoms with E-state index in [2.05, 4.69) is 38.1 Å². The van der Waals surface area contributed by atoms with Gasteiger partial charge in [-0.3, -0.25) is 4.79 Å². The molecular formula is C26H29NO2SSi. The average Bonchev–Trinajstić information content (AvgIpc) is 3.18. The van der Waals surface area contributed by atoms with E-state index in [1.807, 2.05) is 42.6 Å². The minimum Gasteiger partial charge on any atom is -0.424 e. The molecule has 0 saturated heterocycles. The maximum Gasteiger partial charge on any atom is 0.258 e. The molecule has 2 aliphatic rings. The van der Waals surface area contributed by atoms with Crippen LogP contribution in [0.2, 0.25) is 5.04 Å². The molecule has 3 nitrogen and oxygen atoms in total. The lowest BCUT2D eigenvalue weighted by Crippen LogP contribution is -2.65. The monoisotopic (exact) mass is 447 g/mol. The number of thiazole rings is 1. The van der Waals surface area contributed by atoms with Crippen molar-refractivity contribution in [1.82, 2.24) is 4.98 Å². The molecule has 2 unspecified atom stereocenters. The Morgan fingerprint density at radius 2 is 1.71 bits per heavy atom. The number of aryl methyl sites for hydroxylation is 1. The summed E-state index contributed by atoms with van der Waals surface area (Å²) in [6.45, 7) is 4.41. The summed E-state index contributed by atoms with van der Waals surface area (Å²) in [5.74, 6) is 0.698. The van der Waals surface area contributed by atoms with E-state index in [0.717, 1.165) is 47.5 Å². The lowest BCUT2D eigenvalue weighted by molar-refractivity contribution is -0.119. The summed E-state index contributed by atoms with van der Waals surface area (Å²) in [5.41, 5.74) is 0.117. The SMILES string of the molecule is CC(C)(CCc1ncc(C23CCC(=O)C2C3)s1)[Si](O)(c1ccccc1)c1ccccc1. The maximum atomic E-state index is 12.3.